The largest absolute Gasteiger partial charge is 0.386 e. The lowest BCUT2D eigenvalue weighted by molar-refractivity contribution is 0.0787. The molecule has 0 unspecified atom stereocenters. The second kappa shape index (κ2) is 9.18. The van der Waals surface area contributed by atoms with Crippen LogP contribution in [-0.2, 0) is 5.60 Å². The second-order valence-corrected chi connectivity index (χ2v) is 10.1. The highest BCUT2D eigenvalue weighted by molar-refractivity contribution is 6.19. The number of fused-ring (bicyclic) bond motifs is 3. The molecule has 39 heavy (non-hydrogen) atoms. The molecule has 0 bridgehead atoms. The highest BCUT2D eigenvalue weighted by Gasteiger charge is 2.24. The smallest absolute Gasteiger partial charge is 0.269 e. The fourth-order valence-corrected chi connectivity index (χ4v) is 5.15. The molecule has 1 amide bonds. The van der Waals surface area contributed by atoms with Crippen molar-refractivity contribution in [3.8, 4) is 16.8 Å². The predicted molar refractivity (Wildman–Crippen MR) is 156 cm³/mol. The molecule has 0 spiro atoms. The Hall–Kier alpha value is -4.82. The molecule has 5 rings (SSSR count). The number of hydrogen-bond acceptors (Lipinski definition) is 5. The van der Waals surface area contributed by atoms with Gasteiger partial charge in [0.2, 0.25) is 0 Å². The average molecular weight is 520 g/mol. The van der Waals surface area contributed by atoms with Crippen LogP contribution in [0.3, 0.4) is 0 Å². The number of nitrogens with one attached hydrogen (secondary N) is 1. The van der Waals surface area contributed by atoms with Crippen molar-refractivity contribution in [2.75, 3.05) is 0 Å². The quantitative estimate of drug-likeness (QED) is 0.286. The predicted octanol–water partition coefficient (Wildman–Crippen LogP) is 5.16. The molecule has 3 aromatic heterocycles. The topological polar surface area (TPSA) is 127 Å². The van der Waals surface area contributed by atoms with Gasteiger partial charge >= 0.3 is 0 Å². The minimum Gasteiger partial charge on any atom is -0.386 e. The van der Waals surface area contributed by atoms with Crippen molar-refractivity contribution < 1.29 is 9.90 Å². The van der Waals surface area contributed by atoms with Crippen LogP contribution in [0.2, 0.25) is 0 Å². The van der Waals surface area contributed by atoms with Crippen molar-refractivity contribution in [2.45, 2.75) is 33.3 Å². The maximum Gasteiger partial charge on any atom is 0.269 e. The molecule has 196 valence electrons. The third kappa shape index (κ3) is 4.06. The molecule has 5 aromatic rings. The highest BCUT2D eigenvalue weighted by atomic mass is 16.3. The number of carbonyl (C=O) groups excluding carboxylic acids is 1. The zero-order valence-corrected chi connectivity index (χ0v) is 22.3. The number of carbonyl (C=O) groups is 1. The molecule has 0 saturated carbocycles. The van der Waals surface area contributed by atoms with E-state index in [0.717, 1.165) is 38.5 Å². The Labute approximate surface area is 225 Å². The SMILES string of the molecule is C=Cc1ncn(-c2cccc(-c3c(C)nc(C(N)=O)c4[nH]c5cc(C(C)(C)O)ccc5c34)c2C)c(=O)c1C=C. The first kappa shape index (κ1) is 25.8. The van der Waals surface area contributed by atoms with Gasteiger partial charge < -0.3 is 15.8 Å². The number of primary amides is 1. The van der Waals surface area contributed by atoms with Crippen LogP contribution in [0.4, 0.5) is 0 Å². The van der Waals surface area contributed by atoms with E-state index in [4.69, 9.17) is 5.73 Å². The van der Waals surface area contributed by atoms with E-state index < -0.39 is 11.5 Å². The maximum atomic E-state index is 13.3. The summed E-state index contributed by atoms with van der Waals surface area (Å²) in [6.45, 7) is 14.7. The summed E-state index contributed by atoms with van der Waals surface area (Å²) in [5, 5.41) is 12.2. The van der Waals surface area contributed by atoms with Crippen molar-refractivity contribution in [3.63, 3.8) is 0 Å². The fraction of sp³-hybridized carbons (Fsp3) is 0.161. The van der Waals surface area contributed by atoms with E-state index in [-0.39, 0.29) is 11.3 Å². The number of aryl methyl sites for hydroxylation is 1. The zero-order valence-electron chi connectivity index (χ0n) is 22.3. The first-order chi connectivity index (χ1) is 18.5. The number of amides is 1. The molecule has 8 nitrogen and oxygen atoms in total. The first-order valence-electron chi connectivity index (χ1n) is 12.4. The van der Waals surface area contributed by atoms with E-state index in [1.54, 1.807) is 13.8 Å². The molecule has 0 aliphatic carbocycles. The molecule has 0 saturated heterocycles. The second-order valence-electron chi connectivity index (χ2n) is 10.1. The summed E-state index contributed by atoms with van der Waals surface area (Å²) in [7, 11) is 0. The van der Waals surface area contributed by atoms with Gasteiger partial charge in [-0.15, -0.1) is 0 Å². The molecule has 0 atom stereocenters. The molecule has 0 fully saturated rings. The van der Waals surface area contributed by atoms with Crippen LogP contribution in [0, 0.1) is 13.8 Å². The standard InChI is InChI=1S/C31H29N5O3/c1-7-19-22(8-2)33-15-36(30(19)38)24-11-9-10-20(16(24)3)25-17(4)34-28(29(32)37)27-26(25)21-13-12-18(31(5,6)39)14-23(21)35-27/h7-15,35,39H,1-2H2,3-6H3,(H2,32,37). The molecule has 0 aliphatic heterocycles. The van der Waals surface area contributed by atoms with Crippen LogP contribution in [-0.4, -0.2) is 30.5 Å². The lowest BCUT2D eigenvalue weighted by Gasteiger charge is -2.18. The monoisotopic (exact) mass is 519 g/mol. The number of aromatic nitrogens is 4. The number of aromatic amines is 1. The van der Waals surface area contributed by atoms with Crippen LogP contribution in [0.15, 0.2) is 60.7 Å². The Kier molecular flexibility index (Phi) is 6.08. The van der Waals surface area contributed by atoms with Gasteiger partial charge in [-0.05, 0) is 62.6 Å². The molecule has 0 radical (unpaired) electrons. The highest BCUT2D eigenvalue weighted by Crippen LogP contribution is 2.40. The van der Waals surface area contributed by atoms with E-state index in [2.05, 4.69) is 28.1 Å². The van der Waals surface area contributed by atoms with Crippen LogP contribution >= 0.6 is 0 Å². The van der Waals surface area contributed by atoms with Crippen molar-refractivity contribution >= 4 is 39.9 Å². The lowest BCUT2D eigenvalue weighted by Crippen LogP contribution is -2.23. The number of nitrogens with zero attached hydrogens (tertiary/aromatic N) is 3. The summed E-state index contributed by atoms with van der Waals surface area (Å²) in [6.07, 6.45) is 4.49. The van der Waals surface area contributed by atoms with Crippen molar-refractivity contribution in [1.82, 2.24) is 19.5 Å². The number of aliphatic hydroxyl groups is 1. The summed E-state index contributed by atoms with van der Waals surface area (Å²) in [6, 6.07) is 11.3. The van der Waals surface area contributed by atoms with Crippen molar-refractivity contribution in [2.24, 2.45) is 5.73 Å². The van der Waals surface area contributed by atoms with Gasteiger partial charge in [-0.2, -0.15) is 0 Å². The van der Waals surface area contributed by atoms with Crippen LogP contribution in [0.5, 0.6) is 0 Å². The third-order valence-electron chi connectivity index (χ3n) is 7.14. The molecular formula is C31H29N5O3. The molecule has 4 N–H and O–H groups in total. The Balaban J connectivity index is 1.86. The van der Waals surface area contributed by atoms with E-state index in [1.807, 2.05) is 50.2 Å². The van der Waals surface area contributed by atoms with Gasteiger partial charge in [-0.25, -0.2) is 9.97 Å². The summed E-state index contributed by atoms with van der Waals surface area (Å²) >= 11 is 0. The number of H-pyrrole nitrogens is 1. The Bertz CT molecular complexity index is 1900. The molecule has 8 heteroatoms. The van der Waals surface area contributed by atoms with Gasteiger partial charge in [0, 0.05) is 27.5 Å². The van der Waals surface area contributed by atoms with Crippen LogP contribution < -0.4 is 11.3 Å². The van der Waals surface area contributed by atoms with Gasteiger partial charge in [-0.1, -0.05) is 43.5 Å². The average Bonchev–Trinajstić information content (AvgIpc) is 3.26. The Morgan fingerprint density at radius 2 is 1.90 bits per heavy atom. The minimum absolute atomic E-state index is 0.136. The molecular weight excluding hydrogens is 490 g/mol. The summed E-state index contributed by atoms with van der Waals surface area (Å²) in [5.41, 5.74) is 11.1. The fourth-order valence-electron chi connectivity index (χ4n) is 5.15. The maximum absolute atomic E-state index is 13.3. The minimum atomic E-state index is -1.05. The van der Waals surface area contributed by atoms with Gasteiger partial charge in [0.05, 0.1) is 28.1 Å². The van der Waals surface area contributed by atoms with Gasteiger partial charge in [-0.3, -0.25) is 14.2 Å². The Morgan fingerprint density at radius 1 is 1.15 bits per heavy atom. The summed E-state index contributed by atoms with van der Waals surface area (Å²) < 4.78 is 1.49. The van der Waals surface area contributed by atoms with Gasteiger partial charge in [0.25, 0.3) is 11.5 Å². The van der Waals surface area contributed by atoms with Crippen LogP contribution in [0.25, 0.3) is 50.8 Å². The Morgan fingerprint density at radius 3 is 2.54 bits per heavy atom. The number of hydrogen-bond donors (Lipinski definition) is 3. The molecule has 3 heterocycles. The van der Waals surface area contributed by atoms with E-state index in [9.17, 15) is 14.7 Å². The van der Waals surface area contributed by atoms with Gasteiger partial charge in [0.15, 0.2) is 5.69 Å². The summed E-state index contributed by atoms with van der Waals surface area (Å²) in [4.78, 5) is 38.1. The summed E-state index contributed by atoms with van der Waals surface area (Å²) in [5.74, 6) is -0.647. The lowest BCUT2D eigenvalue weighted by atomic mass is 9.92. The zero-order chi connectivity index (χ0) is 28.2. The number of pyridine rings is 1. The number of benzene rings is 2. The van der Waals surface area contributed by atoms with Gasteiger partial charge in [0.1, 0.15) is 6.33 Å². The number of rotatable bonds is 6. The van der Waals surface area contributed by atoms with Crippen molar-refractivity contribution in [3.05, 3.63) is 100 Å². The first-order valence-corrected chi connectivity index (χ1v) is 12.4. The van der Waals surface area contributed by atoms with E-state index in [0.29, 0.717) is 28.2 Å². The third-order valence-corrected chi connectivity index (χ3v) is 7.14. The van der Waals surface area contributed by atoms with E-state index >= 15 is 0 Å². The molecule has 2 aromatic carbocycles. The number of nitrogens with two attached hydrogens (primary N) is 1. The molecule has 0 aliphatic rings. The van der Waals surface area contributed by atoms with E-state index in [1.165, 1.54) is 23.0 Å². The van der Waals surface area contributed by atoms with Crippen LogP contribution in [0.1, 0.15) is 52.4 Å². The normalized spacial score (nSPS) is 11.7. The van der Waals surface area contributed by atoms with Crippen molar-refractivity contribution in [1.29, 1.82) is 0 Å².